The second-order valence-electron chi connectivity index (χ2n) is 8.25. The number of imidazole rings is 1. The second kappa shape index (κ2) is 11.4. The van der Waals surface area contributed by atoms with Crippen LogP contribution in [0.15, 0.2) is 12.1 Å². The predicted molar refractivity (Wildman–Crippen MR) is 128 cm³/mol. The first-order chi connectivity index (χ1) is 15.5. The van der Waals surface area contributed by atoms with Crippen molar-refractivity contribution in [3.05, 3.63) is 22.2 Å². The van der Waals surface area contributed by atoms with Crippen LogP contribution in [0.1, 0.15) is 39.8 Å². The highest BCUT2D eigenvalue weighted by Gasteiger charge is 2.48. The molecule has 1 aromatic carbocycles. The van der Waals surface area contributed by atoms with Crippen molar-refractivity contribution in [2.75, 3.05) is 11.9 Å². The van der Waals surface area contributed by atoms with E-state index in [4.69, 9.17) is 32.7 Å². The standard InChI is InChI=1S/C21H25Cl2N3O7.ClH/c1-9(2)24-21-25-15-6-13(22)14(23)7-16(15)26(21)20-12(5-19(30)31)11(4-18(28)29)17(33-20)8-32-10(3)27;/h6-7,9,11-12,17,20H,4-5,8H2,1-3H3,(H,24,25)(H,28,29)(H,30,31);1H/t11-,12-,17+,20-;/m0./s1. The number of carbonyl (C=O) groups is 3. The Morgan fingerprint density at radius 2 is 1.74 bits per heavy atom. The quantitative estimate of drug-likeness (QED) is 0.400. The van der Waals surface area contributed by atoms with Crippen molar-refractivity contribution in [3.63, 3.8) is 0 Å². The highest BCUT2D eigenvalue weighted by Crippen LogP contribution is 2.46. The zero-order valence-corrected chi connectivity index (χ0v) is 21.0. The van der Waals surface area contributed by atoms with Gasteiger partial charge in [-0.25, -0.2) is 4.98 Å². The predicted octanol–water partition coefficient (Wildman–Crippen LogP) is 4.23. The van der Waals surface area contributed by atoms with Gasteiger partial charge in [-0.2, -0.15) is 0 Å². The molecule has 2 aromatic rings. The lowest BCUT2D eigenvalue weighted by molar-refractivity contribution is -0.147. The van der Waals surface area contributed by atoms with Gasteiger partial charge in [-0.05, 0) is 26.0 Å². The SMILES string of the molecule is CC(=O)OC[C@H]1O[C@H](n2c(NC(C)C)nc3cc(Cl)c(Cl)cc32)[C@@H](CC(=O)O)[C@@H]1CC(=O)O.Cl. The maximum Gasteiger partial charge on any atom is 0.303 e. The van der Waals surface area contributed by atoms with Gasteiger partial charge in [-0.1, -0.05) is 23.2 Å². The summed E-state index contributed by atoms with van der Waals surface area (Å²) in [5, 5.41) is 22.8. The summed E-state index contributed by atoms with van der Waals surface area (Å²) in [7, 11) is 0. The van der Waals surface area contributed by atoms with Crippen LogP contribution in [0.4, 0.5) is 5.95 Å². The summed E-state index contributed by atoms with van der Waals surface area (Å²) in [5.41, 5.74) is 1.04. The van der Waals surface area contributed by atoms with Gasteiger partial charge in [0.25, 0.3) is 0 Å². The molecule has 0 amide bonds. The van der Waals surface area contributed by atoms with Gasteiger partial charge in [0, 0.05) is 24.8 Å². The van der Waals surface area contributed by atoms with Crippen molar-refractivity contribution in [1.82, 2.24) is 9.55 Å². The number of aromatic nitrogens is 2. The number of benzene rings is 1. The third kappa shape index (κ3) is 6.24. The average Bonchev–Trinajstić information content (AvgIpc) is 3.17. The van der Waals surface area contributed by atoms with Gasteiger partial charge in [0.05, 0.1) is 40.0 Å². The Hall–Kier alpha value is -2.27. The van der Waals surface area contributed by atoms with Crippen LogP contribution in [0.25, 0.3) is 11.0 Å². The molecule has 3 N–H and O–H groups in total. The van der Waals surface area contributed by atoms with E-state index >= 15 is 0 Å². The Morgan fingerprint density at radius 3 is 2.29 bits per heavy atom. The zero-order valence-electron chi connectivity index (χ0n) is 18.7. The van der Waals surface area contributed by atoms with Crippen LogP contribution in [0.5, 0.6) is 0 Å². The molecule has 188 valence electrons. The molecule has 0 saturated carbocycles. The van der Waals surface area contributed by atoms with Crippen LogP contribution in [-0.2, 0) is 23.9 Å². The molecule has 1 aliphatic heterocycles. The summed E-state index contributed by atoms with van der Waals surface area (Å²) in [6.07, 6.45) is -2.45. The van der Waals surface area contributed by atoms with Crippen molar-refractivity contribution in [2.24, 2.45) is 11.8 Å². The average molecular weight is 539 g/mol. The summed E-state index contributed by atoms with van der Waals surface area (Å²) in [4.78, 5) is 39.3. The molecule has 10 nitrogen and oxygen atoms in total. The number of rotatable bonds is 9. The Balaban J connectivity index is 0.00000408. The third-order valence-corrected chi connectivity index (χ3v) is 6.11. The number of fused-ring (bicyclic) bond motifs is 1. The van der Waals surface area contributed by atoms with Crippen molar-refractivity contribution in [2.45, 2.75) is 52.0 Å². The van der Waals surface area contributed by atoms with E-state index in [1.165, 1.54) is 6.92 Å². The van der Waals surface area contributed by atoms with Gasteiger partial charge in [0.2, 0.25) is 5.95 Å². The van der Waals surface area contributed by atoms with Crippen LogP contribution in [0.2, 0.25) is 10.0 Å². The fourth-order valence-electron chi connectivity index (χ4n) is 4.13. The lowest BCUT2D eigenvalue weighted by atomic mass is 9.84. The topological polar surface area (TPSA) is 140 Å². The van der Waals surface area contributed by atoms with Gasteiger partial charge in [-0.3, -0.25) is 19.0 Å². The molecule has 4 atom stereocenters. The Labute approximate surface area is 211 Å². The highest BCUT2D eigenvalue weighted by atomic mass is 35.5. The van der Waals surface area contributed by atoms with E-state index in [1.54, 1.807) is 16.7 Å². The van der Waals surface area contributed by atoms with E-state index in [1.807, 2.05) is 13.8 Å². The summed E-state index contributed by atoms with van der Waals surface area (Å²) < 4.78 is 13.0. The Kier molecular flexibility index (Phi) is 9.41. The first kappa shape index (κ1) is 28.0. The van der Waals surface area contributed by atoms with E-state index in [0.29, 0.717) is 22.0 Å². The van der Waals surface area contributed by atoms with Gasteiger partial charge < -0.3 is 25.0 Å². The van der Waals surface area contributed by atoms with Crippen molar-refractivity contribution < 1.29 is 34.1 Å². The number of hydrogen-bond acceptors (Lipinski definition) is 7. The molecule has 0 spiro atoms. The summed E-state index contributed by atoms with van der Waals surface area (Å²) in [6.45, 7) is 4.84. The minimum absolute atomic E-state index is 0. The van der Waals surface area contributed by atoms with Crippen LogP contribution < -0.4 is 5.32 Å². The maximum absolute atomic E-state index is 11.7. The van der Waals surface area contributed by atoms with Gasteiger partial charge >= 0.3 is 17.9 Å². The molecule has 0 aliphatic carbocycles. The molecule has 1 fully saturated rings. The summed E-state index contributed by atoms with van der Waals surface area (Å²) >= 11 is 12.4. The van der Waals surface area contributed by atoms with Gasteiger partial charge in [0.15, 0.2) is 0 Å². The van der Waals surface area contributed by atoms with Gasteiger partial charge in [0.1, 0.15) is 12.8 Å². The largest absolute Gasteiger partial charge is 0.481 e. The molecule has 0 bridgehead atoms. The van der Waals surface area contributed by atoms with E-state index in [-0.39, 0.29) is 42.9 Å². The molecular weight excluding hydrogens is 513 g/mol. The number of nitrogens with zero attached hydrogens (tertiary/aromatic N) is 2. The first-order valence-electron chi connectivity index (χ1n) is 10.3. The highest BCUT2D eigenvalue weighted by molar-refractivity contribution is 6.42. The molecule has 1 aromatic heterocycles. The van der Waals surface area contributed by atoms with E-state index in [2.05, 4.69) is 10.3 Å². The lowest BCUT2D eigenvalue weighted by Gasteiger charge is -2.24. The Bertz CT molecular complexity index is 1080. The number of carboxylic acid groups (broad SMARTS) is 2. The number of hydrogen-bond donors (Lipinski definition) is 3. The smallest absolute Gasteiger partial charge is 0.303 e. The van der Waals surface area contributed by atoms with Crippen LogP contribution in [0, 0.1) is 11.8 Å². The molecular formula is C21H26Cl3N3O7. The molecule has 1 saturated heterocycles. The summed E-state index contributed by atoms with van der Waals surface area (Å²) in [6, 6.07) is 3.16. The van der Waals surface area contributed by atoms with Crippen molar-refractivity contribution in [1.29, 1.82) is 0 Å². The molecule has 1 aliphatic rings. The molecule has 13 heteroatoms. The van der Waals surface area contributed by atoms with Gasteiger partial charge in [-0.15, -0.1) is 12.4 Å². The first-order valence-corrected chi connectivity index (χ1v) is 11.1. The maximum atomic E-state index is 11.7. The van der Waals surface area contributed by atoms with Crippen molar-refractivity contribution in [3.8, 4) is 0 Å². The lowest BCUT2D eigenvalue weighted by Crippen LogP contribution is -2.29. The van der Waals surface area contributed by atoms with Crippen LogP contribution in [-0.4, -0.2) is 56.4 Å². The monoisotopic (exact) mass is 537 g/mol. The third-order valence-electron chi connectivity index (χ3n) is 5.38. The zero-order chi connectivity index (χ0) is 24.4. The number of aliphatic carboxylic acids is 2. The number of carbonyl (C=O) groups excluding carboxylic acids is 1. The summed E-state index contributed by atoms with van der Waals surface area (Å²) in [5.74, 6) is -3.86. The molecule has 0 unspecified atom stereocenters. The number of nitrogens with one attached hydrogen (secondary N) is 1. The molecule has 34 heavy (non-hydrogen) atoms. The van der Waals surface area contributed by atoms with E-state index in [0.717, 1.165) is 0 Å². The minimum Gasteiger partial charge on any atom is -0.481 e. The fraction of sp³-hybridized carbons (Fsp3) is 0.524. The number of halogens is 3. The molecule has 3 rings (SSSR count). The number of carboxylic acids is 2. The Morgan fingerprint density at radius 1 is 1.15 bits per heavy atom. The number of anilines is 1. The normalized spacial score (nSPS) is 21.9. The van der Waals surface area contributed by atoms with Crippen LogP contribution in [0.3, 0.4) is 0 Å². The van der Waals surface area contributed by atoms with Crippen molar-refractivity contribution >= 4 is 70.5 Å². The molecule has 2 heterocycles. The minimum atomic E-state index is -1.11. The molecule has 0 radical (unpaired) electrons. The number of esters is 1. The number of ether oxygens (including phenoxy) is 2. The van der Waals surface area contributed by atoms with E-state index < -0.39 is 42.1 Å². The van der Waals surface area contributed by atoms with E-state index in [9.17, 15) is 24.6 Å². The fourth-order valence-corrected chi connectivity index (χ4v) is 4.44. The second-order valence-corrected chi connectivity index (χ2v) is 9.07. The van der Waals surface area contributed by atoms with Crippen LogP contribution >= 0.6 is 35.6 Å².